The molecule has 146 valence electrons. The number of carbonyl (C=O) groups is 1. The van der Waals surface area contributed by atoms with Crippen LogP contribution in [0.5, 0.6) is 0 Å². The average Bonchev–Trinajstić information content (AvgIpc) is 2.53. The van der Waals surface area contributed by atoms with Crippen molar-refractivity contribution in [2.75, 3.05) is 19.6 Å². The van der Waals surface area contributed by atoms with Crippen molar-refractivity contribution < 1.29 is 18.0 Å². The summed E-state index contributed by atoms with van der Waals surface area (Å²) < 4.78 is 38.2. The lowest BCUT2D eigenvalue weighted by molar-refractivity contribution is -0.182. The molecule has 0 aromatic heterocycles. The summed E-state index contributed by atoms with van der Waals surface area (Å²) in [5, 5.41) is 9.10. The number of nitrogens with zero attached hydrogens (tertiary/aromatic N) is 1. The zero-order chi connectivity index (χ0) is 19.1. The lowest BCUT2D eigenvalue weighted by Crippen LogP contribution is -2.46. The van der Waals surface area contributed by atoms with Crippen molar-refractivity contribution in [1.82, 2.24) is 16.0 Å². The first-order chi connectivity index (χ1) is 11.6. The molecule has 0 unspecified atom stereocenters. The molecule has 5 nitrogen and oxygen atoms in total. The summed E-state index contributed by atoms with van der Waals surface area (Å²) in [7, 11) is 0. The van der Waals surface area contributed by atoms with Gasteiger partial charge in [0.15, 0.2) is 5.96 Å². The maximum Gasteiger partial charge on any atom is 0.391 e. The van der Waals surface area contributed by atoms with Crippen LogP contribution in [0.2, 0.25) is 0 Å². The highest BCUT2D eigenvalue weighted by molar-refractivity contribution is 5.83. The molecule has 0 atom stereocenters. The lowest BCUT2D eigenvalue weighted by Gasteiger charge is -2.31. The number of amides is 1. The first kappa shape index (κ1) is 21.6. The summed E-state index contributed by atoms with van der Waals surface area (Å²) in [5.74, 6) is -0.711. The number of aliphatic imine (C=N–C) groups is 1. The normalized spacial score (nSPS) is 22.4. The Morgan fingerprint density at radius 2 is 1.60 bits per heavy atom. The second-order valence-corrected chi connectivity index (χ2v) is 7.17. The predicted octanol–water partition coefficient (Wildman–Crippen LogP) is 2.82. The number of alkyl halides is 3. The monoisotopic (exact) mass is 364 g/mol. The zero-order valence-electron chi connectivity index (χ0n) is 15.6. The zero-order valence-corrected chi connectivity index (χ0v) is 15.6. The summed E-state index contributed by atoms with van der Waals surface area (Å²) in [6, 6.07) is -0.0241. The van der Waals surface area contributed by atoms with Gasteiger partial charge in [-0.3, -0.25) is 9.79 Å². The highest BCUT2D eigenvalue weighted by Crippen LogP contribution is 2.37. The quantitative estimate of drug-likeness (QED) is 0.502. The molecule has 1 fully saturated rings. The van der Waals surface area contributed by atoms with Crippen molar-refractivity contribution >= 4 is 11.9 Å². The molecule has 1 saturated carbocycles. The van der Waals surface area contributed by atoms with Crippen LogP contribution in [0.3, 0.4) is 0 Å². The molecule has 0 aromatic carbocycles. The third-order valence-electron chi connectivity index (χ3n) is 4.46. The van der Waals surface area contributed by atoms with Gasteiger partial charge >= 0.3 is 6.18 Å². The van der Waals surface area contributed by atoms with E-state index in [0.717, 1.165) is 0 Å². The standard InChI is InChI=1S/C17H31F3N4O/c1-5-21-14(25)16(3,4)11-23-15(22-6-2)24-13-9-7-12(8-10-13)17(18,19)20/h12-13H,5-11H2,1-4H3,(H,21,25)(H2,22,23,24). The maximum atomic E-state index is 12.7. The Kier molecular flexibility index (Phi) is 8.02. The van der Waals surface area contributed by atoms with Crippen LogP contribution in [-0.4, -0.2) is 43.7 Å². The van der Waals surface area contributed by atoms with E-state index in [0.29, 0.717) is 38.4 Å². The van der Waals surface area contributed by atoms with E-state index in [1.807, 2.05) is 27.7 Å². The third-order valence-corrected chi connectivity index (χ3v) is 4.46. The van der Waals surface area contributed by atoms with Crippen LogP contribution in [0.1, 0.15) is 53.4 Å². The number of nitrogens with one attached hydrogen (secondary N) is 3. The largest absolute Gasteiger partial charge is 0.391 e. The molecule has 1 aliphatic rings. The van der Waals surface area contributed by atoms with Gasteiger partial charge in [-0.15, -0.1) is 0 Å². The molecule has 0 spiro atoms. The molecular weight excluding hydrogens is 333 g/mol. The molecule has 0 aliphatic heterocycles. The van der Waals surface area contributed by atoms with Crippen LogP contribution in [0.15, 0.2) is 4.99 Å². The maximum absolute atomic E-state index is 12.7. The fourth-order valence-corrected chi connectivity index (χ4v) is 2.83. The second-order valence-electron chi connectivity index (χ2n) is 7.17. The van der Waals surface area contributed by atoms with Gasteiger partial charge < -0.3 is 16.0 Å². The Bertz CT molecular complexity index is 455. The van der Waals surface area contributed by atoms with Crippen molar-refractivity contribution in [2.24, 2.45) is 16.3 Å². The van der Waals surface area contributed by atoms with Gasteiger partial charge in [-0.2, -0.15) is 13.2 Å². The molecule has 3 N–H and O–H groups in total. The van der Waals surface area contributed by atoms with Crippen molar-refractivity contribution in [3.63, 3.8) is 0 Å². The molecule has 8 heteroatoms. The highest BCUT2D eigenvalue weighted by Gasteiger charge is 2.41. The van der Waals surface area contributed by atoms with Gasteiger partial charge in [0.2, 0.25) is 5.91 Å². The molecule has 0 heterocycles. The molecule has 1 aliphatic carbocycles. The molecule has 0 saturated heterocycles. The number of rotatable bonds is 6. The topological polar surface area (TPSA) is 65.5 Å². The van der Waals surface area contributed by atoms with Crippen molar-refractivity contribution in [3.05, 3.63) is 0 Å². The van der Waals surface area contributed by atoms with E-state index in [2.05, 4.69) is 20.9 Å². The van der Waals surface area contributed by atoms with Gasteiger partial charge in [0.25, 0.3) is 0 Å². The fraction of sp³-hybridized carbons (Fsp3) is 0.882. The SMILES string of the molecule is CCNC(=O)C(C)(C)CN=C(NCC)NC1CCC(C(F)(F)F)CC1. The molecule has 1 rings (SSSR count). The summed E-state index contributed by atoms with van der Waals surface area (Å²) in [6.45, 7) is 8.93. The Morgan fingerprint density at radius 1 is 1.04 bits per heavy atom. The van der Waals surface area contributed by atoms with Crippen molar-refractivity contribution in [2.45, 2.75) is 65.6 Å². The predicted molar refractivity (Wildman–Crippen MR) is 93.4 cm³/mol. The van der Waals surface area contributed by atoms with Gasteiger partial charge in [0, 0.05) is 19.1 Å². The van der Waals surface area contributed by atoms with E-state index in [1.165, 1.54) is 0 Å². The molecule has 25 heavy (non-hydrogen) atoms. The minimum atomic E-state index is -4.10. The van der Waals surface area contributed by atoms with Crippen LogP contribution in [0.4, 0.5) is 13.2 Å². The minimum absolute atomic E-state index is 0.0241. The molecular formula is C17H31F3N4O. The van der Waals surface area contributed by atoms with E-state index in [1.54, 1.807) is 0 Å². The average molecular weight is 364 g/mol. The van der Waals surface area contributed by atoms with Crippen molar-refractivity contribution in [3.8, 4) is 0 Å². The number of hydrogen-bond acceptors (Lipinski definition) is 2. The first-order valence-corrected chi connectivity index (χ1v) is 9.00. The lowest BCUT2D eigenvalue weighted by atomic mass is 9.85. The van der Waals surface area contributed by atoms with E-state index < -0.39 is 17.5 Å². The summed E-state index contributed by atoms with van der Waals surface area (Å²) in [6.07, 6.45) is -2.88. The van der Waals surface area contributed by atoms with Crippen LogP contribution < -0.4 is 16.0 Å². The van der Waals surface area contributed by atoms with Gasteiger partial charge in [0.05, 0.1) is 17.9 Å². The molecule has 0 bridgehead atoms. The Morgan fingerprint density at radius 3 is 2.08 bits per heavy atom. The van der Waals surface area contributed by atoms with Crippen LogP contribution >= 0.6 is 0 Å². The number of carbonyl (C=O) groups excluding carboxylic acids is 1. The molecule has 0 aromatic rings. The van der Waals surface area contributed by atoms with E-state index in [4.69, 9.17) is 0 Å². The minimum Gasteiger partial charge on any atom is -0.357 e. The molecule has 1 amide bonds. The van der Waals surface area contributed by atoms with Crippen molar-refractivity contribution in [1.29, 1.82) is 0 Å². The smallest absolute Gasteiger partial charge is 0.357 e. The number of hydrogen-bond donors (Lipinski definition) is 3. The van der Waals surface area contributed by atoms with Crippen LogP contribution in [-0.2, 0) is 4.79 Å². The van der Waals surface area contributed by atoms with Gasteiger partial charge in [-0.05, 0) is 53.4 Å². The second kappa shape index (κ2) is 9.29. The summed E-state index contributed by atoms with van der Waals surface area (Å²) >= 11 is 0. The van der Waals surface area contributed by atoms with E-state index in [-0.39, 0.29) is 24.8 Å². The fourth-order valence-electron chi connectivity index (χ4n) is 2.83. The highest BCUT2D eigenvalue weighted by atomic mass is 19.4. The summed E-state index contributed by atoms with van der Waals surface area (Å²) in [5.41, 5.74) is -0.647. The van der Waals surface area contributed by atoms with Gasteiger partial charge in [-0.25, -0.2) is 0 Å². The Labute approximate surface area is 148 Å². The van der Waals surface area contributed by atoms with E-state index in [9.17, 15) is 18.0 Å². The van der Waals surface area contributed by atoms with Gasteiger partial charge in [-0.1, -0.05) is 0 Å². The van der Waals surface area contributed by atoms with Crippen LogP contribution in [0.25, 0.3) is 0 Å². The van der Waals surface area contributed by atoms with E-state index >= 15 is 0 Å². The third kappa shape index (κ3) is 7.12. The van der Waals surface area contributed by atoms with Crippen LogP contribution in [0, 0.1) is 11.3 Å². The number of halogens is 3. The molecule has 0 radical (unpaired) electrons. The van der Waals surface area contributed by atoms with Gasteiger partial charge in [0.1, 0.15) is 0 Å². The number of guanidine groups is 1. The first-order valence-electron chi connectivity index (χ1n) is 9.00. The Hall–Kier alpha value is -1.47. The Balaban J connectivity index is 2.61. The summed E-state index contributed by atoms with van der Waals surface area (Å²) in [4.78, 5) is 16.5.